The molecule has 1 heterocycles. The second kappa shape index (κ2) is 19.1. The van der Waals surface area contributed by atoms with Gasteiger partial charge >= 0.3 is 5.97 Å². The first-order valence-electron chi connectivity index (χ1n) is 16.3. The highest BCUT2D eigenvalue weighted by atomic mass is 31.2. The fourth-order valence-electron chi connectivity index (χ4n) is 6.06. The van der Waals surface area contributed by atoms with E-state index in [1.807, 2.05) is 51.4 Å². The van der Waals surface area contributed by atoms with Crippen LogP contribution >= 0.6 is 8.38 Å². The Morgan fingerprint density at radius 2 is 1.83 bits per heavy atom. The van der Waals surface area contributed by atoms with E-state index in [1.54, 1.807) is 0 Å². The first kappa shape index (κ1) is 37.6. The van der Waals surface area contributed by atoms with E-state index in [4.69, 9.17) is 19.3 Å². The van der Waals surface area contributed by atoms with Crippen LogP contribution in [0.2, 0.25) is 0 Å². The van der Waals surface area contributed by atoms with Crippen LogP contribution in [-0.2, 0) is 16.1 Å². The maximum absolute atomic E-state index is 12.4. The number of esters is 1. The van der Waals surface area contributed by atoms with E-state index in [0.717, 1.165) is 106 Å². The SMILES string of the molecule is CCOc1cc(C(=O)OC)c(C2CC2)cc1CN1CCC(CC=O)(CN(C)c2ccc(C=O)cc2)CC1.CNCCCCP(O)O. The van der Waals surface area contributed by atoms with Crippen LogP contribution in [0.5, 0.6) is 5.75 Å². The zero-order valence-corrected chi connectivity index (χ0v) is 28.8. The summed E-state index contributed by atoms with van der Waals surface area (Å²) in [6, 6.07) is 11.6. The summed E-state index contributed by atoms with van der Waals surface area (Å²) in [5, 5.41) is 2.99. The number of anilines is 1. The van der Waals surface area contributed by atoms with Crippen LogP contribution in [0.1, 0.15) is 89.6 Å². The Labute approximate surface area is 275 Å². The predicted octanol–water partition coefficient (Wildman–Crippen LogP) is 5.15. The van der Waals surface area contributed by atoms with E-state index in [2.05, 4.69) is 21.2 Å². The fraction of sp³-hybridized carbons (Fsp3) is 0.571. The summed E-state index contributed by atoms with van der Waals surface area (Å²) in [6.45, 7) is 6.74. The predicted molar refractivity (Wildman–Crippen MR) is 183 cm³/mol. The second-order valence-corrected chi connectivity index (χ2v) is 13.6. The second-order valence-electron chi connectivity index (χ2n) is 12.4. The number of aldehydes is 2. The van der Waals surface area contributed by atoms with Crippen molar-refractivity contribution in [2.75, 3.05) is 65.1 Å². The van der Waals surface area contributed by atoms with Gasteiger partial charge in [-0.1, -0.05) is 0 Å². The molecule has 0 radical (unpaired) electrons. The van der Waals surface area contributed by atoms with Crippen molar-refractivity contribution < 1.29 is 33.6 Å². The maximum atomic E-state index is 12.4. The Morgan fingerprint density at radius 1 is 1.13 bits per heavy atom. The molecule has 0 unspecified atom stereocenters. The summed E-state index contributed by atoms with van der Waals surface area (Å²) in [5.74, 6) is 0.854. The highest BCUT2D eigenvalue weighted by Crippen LogP contribution is 2.44. The maximum Gasteiger partial charge on any atom is 0.338 e. The number of ether oxygens (including phenoxy) is 2. The molecule has 2 fully saturated rings. The molecule has 2 aliphatic rings. The number of nitrogens with one attached hydrogen (secondary N) is 1. The number of carbonyl (C=O) groups excluding carboxylic acids is 3. The third kappa shape index (κ3) is 11.4. The minimum Gasteiger partial charge on any atom is -0.494 e. The molecule has 10 nitrogen and oxygen atoms in total. The Hall–Kier alpha value is -2.88. The number of benzene rings is 2. The minimum absolute atomic E-state index is 0.0903. The van der Waals surface area contributed by atoms with E-state index < -0.39 is 8.38 Å². The summed E-state index contributed by atoms with van der Waals surface area (Å²) in [5.41, 5.74) is 4.39. The standard InChI is InChI=1S/C30H38N2O5.C5H14NO2P/c1-4-37-28-18-27(29(35)36-3)26(23-7-8-23)17-24(28)19-32-14-11-30(12-15-32,13-16-33)21-31(2)25-9-5-22(20-34)6-10-25;1-6-4-2-3-5-9(7)8/h5-6,9-10,16-18,20,23H,4,7-8,11-15,19,21H2,1-3H3;6-8H,2-5H2,1H3. The lowest BCUT2D eigenvalue weighted by molar-refractivity contribution is -0.110. The Bertz CT molecular complexity index is 1250. The molecule has 1 saturated heterocycles. The Morgan fingerprint density at radius 3 is 2.37 bits per heavy atom. The van der Waals surface area contributed by atoms with Crippen LogP contribution in [0.15, 0.2) is 36.4 Å². The lowest BCUT2D eigenvalue weighted by Gasteiger charge is -2.43. The van der Waals surface area contributed by atoms with E-state index >= 15 is 0 Å². The Kier molecular flexibility index (Phi) is 15.6. The molecule has 0 atom stereocenters. The van der Waals surface area contributed by atoms with Crippen LogP contribution in [0.4, 0.5) is 5.69 Å². The van der Waals surface area contributed by atoms with Crippen molar-refractivity contribution in [3.05, 3.63) is 58.7 Å². The summed E-state index contributed by atoms with van der Waals surface area (Å²) in [4.78, 5) is 56.6. The van der Waals surface area contributed by atoms with Crippen molar-refractivity contribution in [2.24, 2.45) is 5.41 Å². The lowest BCUT2D eigenvalue weighted by Crippen LogP contribution is -2.45. The van der Waals surface area contributed by atoms with Gasteiger partial charge in [0.1, 0.15) is 18.3 Å². The van der Waals surface area contributed by atoms with Gasteiger partial charge in [-0.2, -0.15) is 0 Å². The number of rotatable bonds is 17. The van der Waals surface area contributed by atoms with Gasteiger partial charge in [-0.3, -0.25) is 9.69 Å². The monoisotopic (exact) mass is 657 g/mol. The van der Waals surface area contributed by atoms with Gasteiger partial charge in [-0.15, -0.1) is 0 Å². The van der Waals surface area contributed by atoms with Crippen LogP contribution < -0.4 is 15.0 Å². The van der Waals surface area contributed by atoms with E-state index in [9.17, 15) is 14.4 Å². The van der Waals surface area contributed by atoms with Crippen LogP contribution in [0.25, 0.3) is 0 Å². The number of carbonyl (C=O) groups is 3. The smallest absolute Gasteiger partial charge is 0.338 e. The highest BCUT2D eigenvalue weighted by molar-refractivity contribution is 7.45. The molecule has 0 spiro atoms. The van der Waals surface area contributed by atoms with Crippen molar-refractivity contribution in [2.45, 2.75) is 64.3 Å². The minimum atomic E-state index is -1.64. The number of hydrogen-bond donors (Lipinski definition) is 3. The molecule has 4 rings (SSSR count). The summed E-state index contributed by atoms with van der Waals surface area (Å²) >= 11 is 0. The summed E-state index contributed by atoms with van der Waals surface area (Å²) in [7, 11) is 3.71. The van der Waals surface area contributed by atoms with Crippen molar-refractivity contribution in [1.29, 1.82) is 0 Å². The molecule has 0 bridgehead atoms. The van der Waals surface area contributed by atoms with Gasteiger partial charge in [0.15, 0.2) is 8.38 Å². The fourth-order valence-corrected chi connectivity index (χ4v) is 6.57. The molecular weight excluding hydrogens is 605 g/mol. The zero-order chi connectivity index (χ0) is 33.5. The molecule has 3 N–H and O–H groups in total. The topological polar surface area (TPSA) is 129 Å². The molecular formula is C35H52N3O7P. The van der Waals surface area contributed by atoms with Crippen LogP contribution in [0.3, 0.4) is 0 Å². The van der Waals surface area contributed by atoms with Crippen molar-refractivity contribution in [1.82, 2.24) is 10.2 Å². The third-order valence-electron chi connectivity index (χ3n) is 8.86. The number of nitrogens with zero attached hydrogens (tertiary/aromatic N) is 2. The molecule has 46 heavy (non-hydrogen) atoms. The highest BCUT2D eigenvalue weighted by Gasteiger charge is 2.36. The molecule has 2 aromatic rings. The first-order chi connectivity index (χ1) is 22.2. The van der Waals surface area contributed by atoms with E-state index in [-0.39, 0.29) is 11.4 Å². The number of likely N-dealkylation sites (tertiary alicyclic amines) is 1. The van der Waals surface area contributed by atoms with Crippen molar-refractivity contribution in [3.8, 4) is 5.75 Å². The van der Waals surface area contributed by atoms with Gasteiger partial charge < -0.3 is 34.3 Å². The number of piperidine rings is 1. The number of methoxy groups -OCH3 is 1. The molecule has 0 amide bonds. The number of hydrogen-bond acceptors (Lipinski definition) is 10. The van der Waals surface area contributed by atoms with Gasteiger partial charge in [-0.05, 0) is 125 Å². The molecule has 254 valence electrons. The van der Waals surface area contributed by atoms with Gasteiger partial charge in [0.25, 0.3) is 0 Å². The van der Waals surface area contributed by atoms with E-state index in [0.29, 0.717) is 36.2 Å². The normalized spacial score (nSPS) is 15.9. The van der Waals surface area contributed by atoms with Gasteiger partial charge in [0, 0.05) is 49.5 Å². The van der Waals surface area contributed by atoms with Crippen LogP contribution in [0, 0.1) is 5.41 Å². The lowest BCUT2D eigenvalue weighted by atomic mass is 9.75. The number of unbranched alkanes of at least 4 members (excludes halogenated alkanes) is 1. The molecule has 1 saturated carbocycles. The average molecular weight is 658 g/mol. The van der Waals surface area contributed by atoms with Gasteiger partial charge in [0.2, 0.25) is 0 Å². The van der Waals surface area contributed by atoms with E-state index in [1.165, 1.54) is 7.11 Å². The first-order valence-corrected chi connectivity index (χ1v) is 17.7. The quantitative estimate of drug-likeness (QED) is 0.0909. The van der Waals surface area contributed by atoms with Crippen molar-refractivity contribution in [3.63, 3.8) is 0 Å². The molecule has 11 heteroatoms. The van der Waals surface area contributed by atoms with Crippen LogP contribution in [-0.4, -0.2) is 93.4 Å². The zero-order valence-electron chi connectivity index (χ0n) is 27.9. The van der Waals surface area contributed by atoms with Gasteiger partial charge in [0.05, 0.1) is 19.3 Å². The molecule has 0 aromatic heterocycles. The average Bonchev–Trinajstić information content (AvgIpc) is 3.91. The van der Waals surface area contributed by atoms with Gasteiger partial charge in [-0.25, -0.2) is 4.79 Å². The van der Waals surface area contributed by atoms with Crippen molar-refractivity contribution >= 4 is 32.6 Å². The largest absolute Gasteiger partial charge is 0.494 e. The third-order valence-corrected chi connectivity index (χ3v) is 9.58. The molecule has 1 aliphatic carbocycles. The molecule has 2 aromatic carbocycles. The molecule has 1 aliphatic heterocycles. The summed E-state index contributed by atoms with van der Waals surface area (Å²) < 4.78 is 11.0. The Balaban J connectivity index is 0.000000559. The summed E-state index contributed by atoms with van der Waals surface area (Å²) in [6.07, 6.45) is 8.95.